The summed E-state index contributed by atoms with van der Waals surface area (Å²) in [6.07, 6.45) is 1.39. The minimum atomic E-state index is 0.0926. The number of amides is 1. The molecule has 2 aromatic rings. The second kappa shape index (κ2) is 7.57. The molecule has 1 amide bonds. The molecule has 0 bridgehead atoms. The highest BCUT2D eigenvalue weighted by Crippen LogP contribution is 2.16. The number of benzene rings is 2. The molecule has 1 aliphatic heterocycles. The first-order valence-corrected chi connectivity index (χ1v) is 8.25. The van der Waals surface area contributed by atoms with Crippen molar-refractivity contribution in [3.8, 4) is 0 Å². The van der Waals surface area contributed by atoms with Crippen LogP contribution in [-0.2, 0) is 16.0 Å². The minimum Gasteiger partial charge on any atom is -0.374 e. The van der Waals surface area contributed by atoms with Crippen molar-refractivity contribution >= 4 is 16.7 Å². The molecule has 122 valence electrons. The number of likely N-dealkylation sites (N-methyl/N-ethyl adjacent to an activating group) is 1. The second-order valence-corrected chi connectivity index (χ2v) is 6.24. The monoisotopic (exact) mass is 312 g/mol. The number of nitrogens with zero attached hydrogens (tertiary/aromatic N) is 1. The third-order valence-corrected chi connectivity index (χ3v) is 4.32. The van der Waals surface area contributed by atoms with Gasteiger partial charge in [0.25, 0.3) is 0 Å². The van der Waals surface area contributed by atoms with Gasteiger partial charge in [-0.3, -0.25) is 4.79 Å². The molecular formula is C19H24N2O2. The zero-order valence-electron chi connectivity index (χ0n) is 13.6. The van der Waals surface area contributed by atoms with Gasteiger partial charge in [-0.25, -0.2) is 0 Å². The number of rotatable bonds is 5. The van der Waals surface area contributed by atoms with E-state index in [0.29, 0.717) is 13.0 Å². The summed E-state index contributed by atoms with van der Waals surface area (Å²) in [5.74, 6) is 0.0926. The zero-order chi connectivity index (χ0) is 16.1. The lowest BCUT2D eigenvalue weighted by molar-refractivity contribution is -0.122. The number of hydrogen-bond donors (Lipinski definition) is 1. The van der Waals surface area contributed by atoms with Crippen molar-refractivity contribution < 1.29 is 9.53 Å². The van der Waals surface area contributed by atoms with Gasteiger partial charge in [0.05, 0.1) is 12.7 Å². The Kier molecular flexibility index (Phi) is 5.26. The van der Waals surface area contributed by atoms with E-state index in [-0.39, 0.29) is 12.0 Å². The van der Waals surface area contributed by atoms with E-state index in [9.17, 15) is 4.79 Å². The van der Waals surface area contributed by atoms with E-state index in [4.69, 9.17) is 4.74 Å². The Labute approximate surface area is 137 Å². The van der Waals surface area contributed by atoms with Crippen LogP contribution in [0.3, 0.4) is 0 Å². The summed E-state index contributed by atoms with van der Waals surface area (Å²) in [6.45, 7) is 3.19. The van der Waals surface area contributed by atoms with E-state index in [1.807, 2.05) is 12.1 Å². The van der Waals surface area contributed by atoms with Crippen LogP contribution in [0.2, 0.25) is 0 Å². The van der Waals surface area contributed by atoms with Gasteiger partial charge in [0, 0.05) is 26.1 Å². The molecule has 0 spiro atoms. The fourth-order valence-corrected chi connectivity index (χ4v) is 2.96. The average Bonchev–Trinajstić information content (AvgIpc) is 2.58. The molecule has 23 heavy (non-hydrogen) atoms. The maximum atomic E-state index is 12.0. The molecule has 0 aliphatic carbocycles. The van der Waals surface area contributed by atoms with Crippen LogP contribution in [0.15, 0.2) is 42.5 Å². The first kappa shape index (κ1) is 16.0. The van der Waals surface area contributed by atoms with Gasteiger partial charge < -0.3 is 15.0 Å². The number of carbonyl (C=O) groups is 1. The zero-order valence-corrected chi connectivity index (χ0v) is 13.6. The Balaban J connectivity index is 1.46. The maximum Gasteiger partial charge on any atom is 0.220 e. The summed E-state index contributed by atoms with van der Waals surface area (Å²) in [6, 6.07) is 14.7. The van der Waals surface area contributed by atoms with E-state index < -0.39 is 0 Å². The Morgan fingerprint density at radius 2 is 2.09 bits per heavy atom. The third-order valence-electron chi connectivity index (χ3n) is 4.32. The lowest BCUT2D eigenvalue weighted by Crippen LogP contribution is -2.45. The summed E-state index contributed by atoms with van der Waals surface area (Å²) in [5, 5.41) is 5.45. The van der Waals surface area contributed by atoms with Gasteiger partial charge in [-0.1, -0.05) is 42.5 Å². The summed E-state index contributed by atoms with van der Waals surface area (Å²) < 4.78 is 5.65. The molecule has 3 rings (SSSR count). The molecule has 1 unspecified atom stereocenters. The topological polar surface area (TPSA) is 41.6 Å². The van der Waals surface area contributed by atoms with Gasteiger partial charge in [0.15, 0.2) is 0 Å². The van der Waals surface area contributed by atoms with Gasteiger partial charge >= 0.3 is 0 Å². The van der Waals surface area contributed by atoms with Gasteiger partial charge in [-0.2, -0.15) is 0 Å². The fraction of sp³-hybridized carbons (Fsp3) is 0.421. The molecule has 0 aromatic heterocycles. The van der Waals surface area contributed by atoms with Crippen LogP contribution in [0, 0.1) is 0 Å². The Morgan fingerprint density at radius 3 is 2.91 bits per heavy atom. The highest BCUT2D eigenvalue weighted by atomic mass is 16.5. The molecule has 1 saturated heterocycles. The predicted octanol–water partition coefficient (Wildman–Crippen LogP) is 2.22. The van der Waals surface area contributed by atoms with E-state index in [2.05, 4.69) is 47.6 Å². The van der Waals surface area contributed by atoms with Crippen LogP contribution in [0.1, 0.15) is 12.0 Å². The first-order valence-electron chi connectivity index (χ1n) is 8.25. The Bertz CT molecular complexity index is 671. The fourth-order valence-electron chi connectivity index (χ4n) is 2.96. The highest BCUT2D eigenvalue weighted by Gasteiger charge is 2.18. The standard InChI is InChI=1S/C19H24N2O2/c1-21-10-11-23-18(14-21)13-20-19(22)9-7-15-6-8-16-4-2-3-5-17(16)12-15/h2-6,8,12,18H,7,9-11,13-14H2,1H3,(H,20,22). The Morgan fingerprint density at radius 1 is 1.26 bits per heavy atom. The van der Waals surface area contributed by atoms with Crippen molar-refractivity contribution in [3.63, 3.8) is 0 Å². The van der Waals surface area contributed by atoms with Crippen molar-refractivity contribution in [2.45, 2.75) is 18.9 Å². The Hall–Kier alpha value is -1.91. The number of morpholine rings is 1. The molecule has 1 aliphatic rings. The molecule has 4 heteroatoms. The van der Waals surface area contributed by atoms with Crippen molar-refractivity contribution in [2.75, 3.05) is 33.3 Å². The average molecular weight is 312 g/mol. The predicted molar refractivity (Wildman–Crippen MR) is 92.5 cm³/mol. The van der Waals surface area contributed by atoms with Gasteiger partial charge in [-0.05, 0) is 29.8 Å². The number of carbonyl (C=O) groups excluding carboxylic acids is 1. The van der Waals surface area contributed by atoms with Crippen LogP contribution in [0.5, 0.6) is 0 Å². The lowest BCUT2D eigenvalue weighted by Gasteiger charge is -2.30. The second-order valence-electron chi connectivity index (χ2n) is 6.24. The van der Waals surface area contributed by atoms with E-state index in [1.165, 1.54) is 16.3 Å². The number of fused-ring (bicyclic) bond motifs is 1. The van der Waals surface area contributed by atoms with Crippen molar-refractivity contribution in [1.29, 1.82) is 0 Å². The van der Waals surface area contributed by atoms with Gasteiger partial charge in [-0.15, -0.1) is 0 Å². The number of hydrogen-bond acceptors (Lipinski definition) is 3. The van der Waals surface area contributed by atoms with Crippen LogP contribution in [0.4, 0.5) is 0 Å². The number of nitrogens with one attached hydrogen (secondary N) is 1. The molecule has 0 saturated carbocycles. The first-order chi connectivity index (χ1) is 11.2. The molecule has 1 fully saturated rings. The smallest absolute Gasteiger partial charge is 0.220 e. The SMILES string of the molecule is CN1CCOC(CNC(=O)CCc2ccc3ccccc3c2)C1. The van der Waals surface area contributed by atoms with E-state index >= 15 is 0 Å². The maximum absolute atomic E-state index is 12.0. The molecule has 1 N–H and O–H groups in total. The van der Waals surface area contributed by atoms with Crippen molar-refractivity contribution in [2.24, 2.45) is 0 Å². The molecule has 4 nitrogen and oxygen atoms in total. The van der Waals surface area contributed by atoms with E-state index in [1.54, 1.807) is 0 Å². The third kappa shape index (κ3) is 4.53. The van der Waals surface area contributed by atoms with Gasteiger partial charge in [0.1, 0.15) is 0 Å². The van der Waals surface area contributed by atoms with Crippen molar-refractivity contribution in [1.82, 2.24) is 10.2 Å². The lowest BCUT2D eigenvalue weighted by atomic mass is 10.0. The highest BCUT2D eigenvalue weighted by molar-refractivity contribution is 5.83. The van der Waals surface area contributed by atoms with Crippen molar-refractivity contribution in [3.05, 3.63) is 48.0 Å². The molecule has 1 atom stereocenters. The summed E-state index contributed by atoms with van der Waals surface area (Å²) in [4.78, 5) is 14.3. The van der Waals surface area contributed by atoms with Crippen LogP contribution < -0.4 is 5.32 Å². The molecule has 0 radical (unpaired) electrons. The number of ether oxygens (including phenoxy) is 1. The number of aryl methyl sites for hydroxylation is 1. The quantitative estimate of drug-likeness (QED) is 0.920. The van der Waals surface area contributed by atoms with Crippen LogP contribution >= 0.6 is 0 Å². The normalized spacial score (nSPS) is 18.9. The summed E-state index contributed by atoms with van der Waals surface area (Å²) in [7, 11) is 2.08. The largest absolute Gasteiger partial charge is 0.374 e. The summed E-state index contributed by atoms with van der Waals surface area (Å²) >= 11 is 0. The molecular weight excluding hydrogens is 288 g/mol. The molecule has 1 heterocycles. The van der Waals surface area contributed by atoms with Gasteiger partial charge in [0.2, 0.25) is 5.91 Å². The van der Waals surface area contributed by atoms with Crippen LogP contribution in [0.25, 0.3) is 10.8 Å². The summed E-state index contributed by atoms with van der Waals surface area (Å²) in [5.41, 5.74) is 1.20. The minimum absolute atomic E-state index is 0.0926. The van der Waals surface area contributed by atoms with Crippen LogP contribution in [-0.4, -0.2) is 50.2 Å². The molecule has 2 aromatic carbocycles. The van der Waals surface area contributed by atoms with E-state index in [0.717, 1.165) is 26.1 Å².